The molecule has 0 spiro atoms. The molecule has 0 radical (unpaired) electrons. The normalized spacial score (nSPS) is 27.1. The van der Waals surface area contributed by atoms with Crippen LogP contribution in [0.3, 0.4) is 0 Å². The molecule has 2 heteroatoms. The van der Waals surface area contributed by atoms with E-state index >= 15 is 0 Å². The fraction of sp³-hybridized carbons (Fsp3) is 0.667. The molecule has 0 saturated heterocycles. The van der Waals surface area contributed by atoms with E-state index in [1.54, 1.807) is 0 Å². The van der Waals surface area contributed by atoms with Gasteiger partial charge in [-0.15, -0.1) is 13.2 Å². The van der Waals surface area contributed by atoms with Gasteiger partial charge in [0.1, 0.15) is 0 Å². The lowest BCUT2D eigenvalue weighted by atomic mass is 9.90. The number of nitrogens with one attached hydrogen (secondary N) is 2. The second kappa shape index (κ2) is 6.80. The van der Waals surface area contributed by atoms with Crippen LogP contribution in [0.5, 0.6) is 0 Å². The van der Waals surface area contributed by atoms with Gasteiger partial charge in [0.25, 0.3) is 0 Å². The number of hydrogen-bond acceptors (Lipinski definition) is 2. The molecule has 0 aromatic heterocycles. The van der Waals surface area contributed by atoms with E-state index in [4.69, 9.17) is 0 Å². The van der Waals surface area contributed by atoms with Crippen LogP contribution < -0.4 is 10.6 Å². The quantitative estimate of drug-likeness (QED) is 0.631. The molecule has 0 aromatic rings. The van der Waals surface area contributed by atoms with Crippen LogP contribution in [0.2, 0.25) is 0 Å². The topological polar surface area (TPSA) is 24.1 Å². The maximum absolute atomic E-state index is 3.73. The van der Waals surface area contributed by atoms with Gasteiger partial charge in [-0.2, -0.15) is 0 Å². The van der Waals surface area contributed by atoms with E-state index in [0.717, 1.165) is 13.1 Å². The molecule has 2 nitrogen and oxygen atoms in total. The Balaban J connectivity index is 2.33. The lowest BCUT2D eigenvalue weighted by Crippen LogP contribution is -2.49. The average Bonchev–Trinajstić information content (AvgIpc) is 2.24. The van der Waals surface area contributed by atoms with Crippen LogP contribution in [0.4, 0.5) is 0 Å². The van der Waals surface area contributed by atoms with Crippen molar-refractivity contribution >= 4 is 0 Å². The van der Waals surface area contributed by atoms with E-state index in [2.05, 4.69) is 23.8 Å². The zero-order chi connectivity index (χ0) is 10.2. The number of hydrogen-bond donors (Lipinski definition) is 2. The molecule has 0 heterocycles. The summed E-state index contributed by atoms with van der Waals surface area (Å²) in [4.78, 5) is 0. The van der Waals surface area contributed by atoms with E-state index in [9.17, 15) is 0 Å². The standard InChI is InChI=1S/C12H22N2/c1-3-9-13-11-7-5-6-8-12(11)14-10-4-2/h3-4,11-14H,1-2,5-10H2. The van der Waals surface area contributed by atoms with Crippen LogP contribution in [0.25, 0.3) is 0 Å². The molecule has 1 saturated carbocycles. The van der Waals surface area contributed by atoms with Crippen LogP contribution in [-0.4, -0.2) is 25.2 Å². The van der Waals surface area contributed by atoms with E-state index in [-0.39, 0.29) is 0 Å². The first-order valence-corrected chi connectivity index (χ1v) is 5.57. The molecule has 14 heavy (non-hydrogen) atoms. The van der Waals surface area contributed by atoms with Gasteiger partial charge in [-0.1, -0.05) is 25.0 Å². The van der Waals surface area contributed by atoms with Gasteiger partial charge in [0.15, 0.2) is 0 Å². The predicted molar refractivity (Wildman–Crippen MR) is 62.4 cm³/mol. The second-order valence-corrected chi connectivity index (χ2v) is 3.89. The van der Waals surface area contributed by atoms with Gasteiger partial charge in [0.05, 0.1) is 0 Å². The van der Waals surface area contributed by atoms with Crippen LogP contribution in [0.15, 0.2) is 25.3 Å². The maximum atomic E-state index is 3.73. The molecule has 0 aliphatic heterocycles. The summed E-state index contributed by atoms with van der Waals surface area (Å²) in [6, 6.07) is 1.23. The molecular formula is C12H22N2. The highest BCUT2D eigenvalue weighted by Crippen LogP contribution is 2.18. The Morgan fingerprint density at radius 1 is 0.929 bits per heavy atom. The van der Waals surface area contributed by atoms with Crippen molar-refractivity contribution in [3.63, 3.8) is 0 Å². The van der Waals surface area contributed by atoms with Gasteiger partial charge in [-0.05, 0) is 12.8 Å². The monoisotopic (exact) mass is 194 g/mol. The minimum absolute atomic E-state index is 0.613. The van der Waals surface area contributed by atoms with Crippen molar-refractivity contribution in [2.45, 2.75) is 37.8 Å². The Kier molecular flexibility index (Phi) is 5.57. The summed E-state index contributed by atoms with van der Waals surface area (Å²) in [5, 5.41) is 7.03. The molecule has 0 amide bonds. The van der Waals surface area contributed by atoms with Crippen molar-refractivity contribution in [2.24, 2.45) is 0 Å². The largest absolute Gasteiger partial charge is 0.309 e. The summed E-state index contributed by atoms with van der Waals surface area (Å²) in [7, 11) is 0. The Labute approximate surface area is 87.5 Å². The van der Waals surface area contributed by atoms with Gasteiger partial charge < -0.3 is 10.6 Å². The third-order valence-corrected chi connectivity index (χ3v) is 2.81. The van der Waals surface area contributed by atoms with Gasteiger partial charge in [-0.25, -0.2) is 0 Å². The SMILES string of the molecule is C=CCNC1CCCCC1NCC=C. The summed E-state index contributed by atoms with van der Waals surface area (Å²) in [6.07, 6.45) is 9.12. The van der Waals surface area contributed by atoms with Crippen molar-refractivity contribution in [3.05, 3.63) is 25.3 Å². The molecule has 1 rings (SSSR count). The molecule has 1 aliphatic carbocycles. The molecule has 2 unspecified atom stereocenters. The summed E-state index contributed by atoms with van der Waals surface area (Å²) in [6.45, 7) is 9.29. The first-order chi connectivity index (χ1) is 6.88. The minimum Gasteiger partial charge on any atom is -0.309 e. The molecule has 80 valence electrons. The van der Waals surface area contributed by atoms with Gasteiger partial charge in [0.2, 0.25) is 0 Å². The lowest BCUT2D eigenvalue weighted by Gasteiger charge is -2.32. The van der Waals surface area contributed by atoms with E-state index < -0.39 is 0 Å². The van der Waals surface area contributed by atoms with Crippen molar-refractivity contribution in [1.29, 1.82) is 0 Å². The lowest BCUT2D eigenvalue weighted by molar-refractivity contribution is 0.297. The van der Waals surface area contributed by atoms with Crippen LogP contribution >= 0.6 is 0 Å². The Hall–Kier alpha value is -0.600. The molecule has 2 N–H and O–H groups in total. The fourth-order valence-electron chi connectivity index (χ4n) is 2.09. The smallest absolute Gasteiger partial charge is 0.0224 e. The van der Waals surface area contributed by atoms with E-state index in [1.807, 2.05) is 12.2 Å². The first kappa shape index (κ1) is 11.5. The third-order valence-electron chi connectivity index (χ3n) is 2.81. The zero-order valence-corrected chi connectivity index (χ0v) is 8.97. The van der Waals surface area contributed by atoms with Crippen molar-refractivity contribution in [1.82, 2.24) is 10.6 Å². The highest BCUT2D eigenvalue weighted by atomic mass is 15.0. The summed E-state index contributed by atoms with van der Waals surface area (Å²) in [5.74, 6) is 0. The molecule has 0 bridgehead atoms. The average molecular weight is 194 g/mol. The van der Waals surface area contributed by atoms with E-state index in [0.29, 0.717) is 12.1 Å². The Morgan fingerprint density at radius 2 is 1.36 bits per heavy atom. The Bertz CT molecular complexity index is 157. The highest BCUT2D eigenvalue weighted by molar-refractivity contribution is 4.89. The van der Waals surface area contributed by atoms with Crippen molar-refractivity contribution < 1.29 is 0 Å². The van der Waals surface area contributed by atoms with Crippen molar-refractivity contribution in [3.8, 4) is 0 Å². The second-order valence-electron chi connectivity index (χ2n) is 3.89. The maximum Gasteiger partial charge on any atom is 0.0224 e. The van der Waals surface area contributed by atoms with Gasteiger partial charge in [0, 0.05) is 25.2 Å². The van der Waals surface area contributed by atoms with Crippen LogP contribution in [-0.2, 0) is 0 Å². The molecule has 0 aromatic carbocycles. The van der Waals surface area contributed by atoms with Gasteiger partial charge >= 0.3 is 0 Å². The first-order valence-electron chi connectivity index (χ1n) is 5.57. The molecule has 1 aliphatic rings. The van der Waals surface area contributed by atoms with Crippen molar-refractivity contribution in [2.75, 3.05) is 13.1 Å². The molecule has 2 atom stereocenters. The zero-order valence-electron chi connectivity index (χ0n) is 8.97. The summed E-state index contributed by atoms with van der Waals surface area (Å²) >= 11 is 0. The predicted octanol–water partition coefficient (Wildman–Crippen LogP) is 1.85. The van der Waals surface area contributed by atoms with Gasteiger partial charge in [-0.3, -0.25) is 0 Å². The number of rotatable bonds is 6. The van der Waals surface area contributed by atoms with Crippen LogP contribution in [0, 0.1) is 0 Å². The van der Waals surface area contributed by atoms with E-state index in [1.165, 1.54) is 25.7 Å². The third kappa shape index (κ3) is 3.64. The fourth-order valence-corrected chi connectivity index (χ4v) is 2.09. The molecule has 1 fully saturated rings. The summed E-state index contributed by atoms with van der Waals surface area (Å²) in [5.41, 5.74) is 0. The Morgan fingerprint density at radius 3 is 1.71 bits per heavy atom. The van der Waals surface area contributed by atoms with Crippen LogP contribution in [0.1, 0.15) is 25.7 Å². The minimum atomic E-state index is 0.613. The molecular weight excluding hydrogens is 172 g/mol. The highest BCUT2D eigenvalue weighted by Gasteiger charge is 2.22. The summed E-state index contributed by atoms with van der Waals surface area (Å²) < 4.78 is 0.